The van der Waals surface area contributed by atoms with Crippen LogP contribution in [0, 0.1) is 5.92 Å². The van der Waals surface area contributed by atoms with Crippen molar-refractivity contribution in [1.82, 2.24) is 4.90 Å². The zero-order valence-corrected chi connectivity index (χ0v) is 17.2. The maximum atomic E-state index is 12.8. The van der Waals surface area contributed by atoms with Crippen LogP contribution in [-0.4, -0.2) is 43.9 Å². The largest absolute Gasteiger partial charge is 0.497 e. The van der Waals surface area contributed by atoms with E-state index in [1.807, 2.05) is 0 Å². The molecule has 0 spiro atoms. The van der Waals surface area contributed by atoms with Gasteiger partial charge in [0.2, 0.25) is 0 Å². The molecule has 0 aromatic heterocycles. The lowest BCUT2D eigenvalue weighted by atomic mass is 9.88. The lowest BCUT2D eigenvalue weighted by Gasteiger charge is -2.31. The van der Waals surface area contributed by atoms with Crippen molar-refractivity contribution in [2.24, 2.45) is 5.92 Å². The smallest absolute Gasteiger partial charge is 0.253 e. The maximum Gasteiger partial charge on any atom is 0.253 e. The van der Waals surface area contributed by atoms with E-state index in [0.717, 1.165) is 0 Å². The summed E-state index contributed by atoms with van der Waals surface area (Å²) in [6.07, 6.45) is 1.24. The highest BCUT2D eigenvalue weighted by atomic mass is 35.5. The molecule has 2 aromatic rings. The van der Waals surface area contributed by atoms with Crippen molar-refractivity contribution in [2.75, 3.05) is 27.3 Å². The zero-order chi connectivity index (χ0) is 20.3. The number of ether oxygens (including phenoxy) is 2. The number of nitrogens with zero attached hydrogens (tertiary/aromatic N) is 1. The summed E-state index contributed by atoms with van der Waals surface area (Å²) >= 11 is 12.3. The second kappa shape index (κ2) is 8.84. The summed E-state index contributed by atoms with van der Waals surface area (Å²) in [6.45, 7) is 1.01. The number of likely N-dealkylation sites (tertiary alicyclic amines) is 1. The molecule has 0 aliphatic carbocycles. The Labute approximate surface area is 174 Å². The van der Waals surface area contributed by atoms with Gasteiger partial charge in [0.05, 0.1) is 24.3 Å². The van der Waals surface area contributed by atoms with E-state index in [2.05, 4.69) is 0 Å². The van der Waals surface area contributed by atoms with Gasteiger partial charge in [-0.25, -0.2) is 0 Å². The fraction of sp³-hybridized carbons (Fsp3) is 0.333. The highest BCUT2D eigenvalue weighted by Gasteiger charge is 2.29. The number of hydrogen-bond donors (Lipinski definition) is 0. The summed E-state index contributed by atoms with van der Waals surface area (Å²) < 4.78 is 10.2. The van der Waals surface area contributed by atoms with Crippen LogP contribution in [0.3, 0.4) is 0 Å². The van der Waals surface area contributed by atoms with Gasteiger partial charge in [-0.1, -0.05) is 23.2 Å². The average Bonchev–Trinajstić information content (AvgIpc) is 2.72. The van der Waals surface area contributed by atoms with Gasteiger partial charge in [-0.05, 0) is 49.2 Å². The van der Waals surface area contributed by atoms with Crippen LogP contribution in [0.1, 0.15) is 33.6 Å². The van der Waals surface area contributed by atoms with Crippen LogP contribution in [0.4, 0.5) is 0 Å². The third kappa shape index (κ3) is 4.26. The van der Waals surface area contributed by atoms with Gasteiger partial charge < -0.3 is 14.4 Å². The number of carbonyl (C=O) groups excluding carboxylic acids is 2. The van der Waals surface area contributed by atoms with Gasteiger partial charge in [0.1, 0.15) is 5.75 Å². The number of carbonyl (C=O) groups is 2. The SMILES string of the molecule is COc1ccc(C(=O)C2CCN(C(=O)c3cc(Cl)c(OC)c(Cl)c3)CC2)cc1. The second-order valence-electron chi connectivity index (χ2n) is 6.63. The second-order valence-corrected chi connectivity index (χ2v) is 7.45. The third-order valence-corrected chi connectivity index (χ3v) is 5.54. The van der Waals surface area contributed by atoms with Crippen LogP contribution < -0.4 is 9.47 Å². The number of rotatable bonds is 5. The summed E-state index contributed by atoms with van der Waals surface area (Å²) in [7, 11) is 3.06. The Kier molecular flexibility index (Phi) is 6.47. The van der Waals surface area contributed by atoms with E-state index < -0.39 is 0 Å². The molecule has 0 N–H and O–H groups in total. The highest BCUT2D eigenvalue weighted by Crippen LogP contribution is 2.34. The van der Waals surface area contributed by atoms with E-state index in [1.54, 1.807) is 48.4 Å². The summed E-state index contributed by atoms with van der Waals surface area (Å²) in [5, 5.41) is 0.589. The van der Waals surface area contributed by atoms with E-state index in [9.17, 15) is 9.59 Å². The summed E-state index contributed by atoms with van der Waals surface area (Å²) in [6, 6.07) is 10.2. The van der Waals surface area contributed by atoms with E-state index in [4.69, 9.17) is 32.7 Å². The number of benzene rings is 2. The third-order valence-electron chi connectivity index (χ3n) is 4.98. The first-order valence-electron chi connectivity index (χ1n) is 8.95. The first kappa shape index (κ1) is 20.5. The van der Waals surface area contributed by atoms with Crippen LogP contribution in [0.5, 0.6) is 11.5 Å². The van der Waals surface area contributed by atoms with Crippen molar-refractivity contribution in [3.63, 3.8) is 0 Å². The fourth-order valence-corrected chi connectivity index (χ4v) is 4.04. The van der Waals surface area contributed by atoms with E-state index in [-0.39, 0.29) is 17.6 Å². The number of Topliss-reactive ketones (excluding diaryl/α,β-unsaturated/α-hetero) is 1. The van der Waals surface area contributed by atoms with Gasteiger partial charge >= 0.3 is 0 Å². The Bertz CT molecular complexity index is 851. The first-order valence-corrected chi connectivity index (χ1v) is 9.70. The van der Waals surface area contributed by atoms with E-state index in [1.165, 1.54) is 7.11 Å². The van der Waals surface area contributed by atoms with Crippen molar-refractivity contribution < 1.29 is 19.1 Å². The lowest BCUT2D eigenvalue weighted by molar-refractivity contribution is 0.0650. The monoisotopic (exact) mass is 421 g/mol. The highest BCUT2D eigenvalue weighted by molar-refractivity contribution is 6.37. The molecule has 28 heavy (non-hydrogen) atoms. The molecule has 1 saturated heterocycles. The van der Waals surface area contributed by atoms with Gasteiger partial charge in [-0.15, -0.1) is 0 Å². The first-order chi connectivity index (χ1) is 13.4. The molecule has 1 amide bonds. The minimum absolute atomic E-state index is 0.0968. The number of amides is 1. The molecule has 1 aliphatic rings. The molecule has 5 nitrogen and oxygen atoms in total. The minimum atomic E-state index is -0.151. The number of methoxy groups -OCH3 is 2. The predicted molar refractivity (Wildman–Crippen MR) is 109 cm³/mol. The molecule has 3 rings (SSSR count). The topological polar surface area (TPSA) is 55.8 Å². The number of piperidine rings is 1. The van der Waals surface area contributed by atoms with E-state index >= 15 is 0 Å². The Morgan fingerprint density at radius 3 is 2.00 bits per heavy atom. The normalized spacial score (nSPS) is 14.6. The molecule has 7 heteroatoms. The quantitative estimate of drug-likeness (QED) is 0.653. The summed E-state index contributed by atoms with van der Waals surface area (Å²) in [4.78, 5) is 27.2. The minimum Gasteiger partial charge on any atom is -0.497 e. The Hall–Kier alpha value is -2.24. The molecule has 0 bridgehead atoms. The standard InChI is InChI=1S/C21H21Cl2NO4/c1-27-16-5-3-13(4-6-16)19(25)14-7-9-24(10-8-14)21(26)15-11-17(22)20(28-2)18(23)12-15/h3-6,11-12,14H,7-10H2,1-2H3. The van der Waals surface area contributed by atoms with Crippen molar-refractivity contribution in [3.05, 3.63) is 57.6 Å². The number of ketones is 1. The van der Waals surface area contributed by atoms with Crippen LogP contribution in [0.15, 0.2) is 36.4 Å². The average molecular weight is 422 g/mol. The lowest BCUT2D eigenvalue weighted by Crippen LogP contribution is -2.40. The molecule has 0 atom stereocenters. The van der Waals surface area contributed by atoms with Gasteiger partial charge in [0, 0.05) is 30.1 Å². The molecular formula is C21H21Cl2NO4. The number of halogens is 2. The molecule has 1 fully saturated rings. The van der Waals surface area contributed by atoms with Crippen molar-refractivity contribution in [3.8, 4) is 11.5 Å². The summed E-state index contributed by atoms with van der Waals surface area (Å²) in [5.41, 5.74) is 1.08. The maximum absolute atomic E-state index is 12.8. The van der Waals surface area contributed by atoms with Gasteiger partial charge in [0.15, 0.2) is 11.5 Å². The molecule has 0 radical (unpaired) electrons. The van der Waals surface area contributed by atoms with Crippen molar-refractivity contribution >= 4 is 34.9 Å². The Morgan fingerprint density at radius 2 is 1.50 bits per heavy atom. The molecule has 0 unspecified atom stereocenters. The van der Waals surface area contributed by atoms with Crippen molar-refractivity contribution in [2.45, 2.75) is 12.8 Å². The summed E-state index contributed by atoms with van der Waals surface area (Å²) in [5.74, 6) is 0.921. The Balaban J connectivity index is 1.64. The molecular weight excluding hydrogens is 401 g/mol. The van der Waals surface area contributed by atoms with Crippen LogP contribution in [0.25, 0.3) is 0 Å². The fourth-order valence-electron chi connectivity index (χ4n) is 3.40. The van der Waals surface area contributed by atoms with Gasteiger partial charge in [-0.3, -0.25) is 9.59 Å². The molecule has 1 aliphatic heterocycles. The van der Waals surface area contributed by atoms with Crippen LogP contribution >= 0.6 is 23.2 Å². The van der Waals surface area contributed by atoms with Crippen molar-refractivity contribution in [1.29, 1.82) is 0 Å². The predicted octanol–water partition coefficient (Wildman–Crippen LogP) is 4.75. The molecule has 148 valence electrons. The molecule has 1 heterocycles. The van der Waals surface area contributed by atoms with Gasteiger partial charge in [-0.2, -0.15) is 0 Å². The molecule has 0 saturated carbocycles. The zero-order valence-electron chi connectivity index (χ0n) is 15.7. The van der Waals surface area contributed by atoms with Crippen LogP contribution in [-0.2, 0) is 0 Å². The van der Waals surface area contributed by atoms with Gasteiger partial charge in [0.25, 0.3) is 5.91 Å². The molecule has 2 aromatic carbocycles. The number of hydrogen-bond acceptors (Lipinski definition) is 4. The Morgan fingerprint density at radius 1 is 0.929 bits per heavy atom. The van der Waals surface area contributed by atoms with E-state index in [0.29, 0.717) is 58.6 Å². The van der Waals surface area contributed by atoms with Crippen LogP contribution in [0.2, 0.25) is 10.0 Å².